The monoisotopic (exact) mass is 234 g/mol. The van der Waals surface area contributed by atoms with Crippen LogP contribution >= 0.6 is 27.5 Å². The predicted octanol–water partition coefficient (Wildman–Crippen LogP) is 2.90. The van der Waals surface area contributed by atoms with E-state index in [9.17, 15) is 0 Å². The zero-order valence-corrected chi connectivity index (χ0v) is 8.41. The third-order valence-corrected chi connectivity index (χ3v) is 2.88. The summed E-state index contributed by atoms with van der Waals surface area (Å²) in [5.74, 6) is 0. The van der Waals surface area contributed by atoms with Crippen LogP contribution in [0.15, 0.2) is 16.6 Å². The van der Waals surface area contributed by atoms with Gasteiger partial charge in [0.1, 0.15) is 0 Å². The van der Waals surface area contributed by atoms with Crippen LogP contribution in [-0.2, 0) is 6.61 Å². The minimum Gasteiger partial charge on any atom is -0.392 e. The molecule has 1 rings (SSSR count). The molecule has 0 fully saturated rings. The van der Waals surface area contributed by atoms with Crippen LogP contribution in [0.3, 0.4) is 0 Å². The van der Waals surface area contributed by atoms with E-state index in [2.05, 4.69) is 15.9 Å². The highest BCUT2D eigenvalue weighted by atomic mass is 79.9. The van der Waals surface area contributed by atoms with Crippen molar-refractivity contribution in [2.24, 2.45) is 0 Å². The van der Waals surface area contributed by atoms with Crippen molar-refractivity contribution in [2.45, 2.75) is 13.5 Å². The van der Waals surface area contributed by atoms with Crippen LogP contribution in [0.5, 0.6) is 0 Å². The maximum absolute atomic E-state index is 8.88. The molecule has 1 N–H and O–H groups in total. The van der Waals surface area contributed by atoms with Gasteiger partial charge in [-0.3, -0.25) is 0 Å². The van der Waals surface area contributed by atoms with Gasteiger partial charge < -0.3 is 5.11 Å². The van der Waals surface area contributed by atoms with Gasteiger partial charge >= 0.3 is 0 Å². The fourth-order valence-electron chi connectivity index (χ4n) is 0.912. The van der Waals surface area contributed by atoms with E-state index < -0.39 is 0 Å². The molecule has 0 bridgehead atoms. The second-order valence-electron chi connectivity index (χ2n) is 2.38. The normalized spacial score (nSPS) is 10.2. The molecular formula is C8H8BrClO. The first-order valence-electron chi connectivity index (χ1n) is 3.20. The first-order chi connectivity index (χ1) is 5.15. The van der Waals surface area contributed by atoms with E-state index in [-0.39, 0.29) is 6.61 Å². The van der Waals surface area contributed by atoms with Gasteiger partial charge in [-0.05, 0) is 40.0 Å². The van der Waals surface area contributed by atoms with Gasteiger partial charge in [0, 0.05) is 4.47 Å². The Kier molecular flexibility index (Phi) is 2.93. The quantitative estimate of drug-likeness (QED) is 0.793. The summed E-state index contributed by atoms with van der Waals surface area (Å²) in [7, 11) is 0. The summed E-state index contributed by atoms with van der Waals surface area (Å²) in [6.07, 6.45) is 0. The summed E-state index contributed by atoms with van der Waals surface area (Å²) in [5, 5.41) is 9.53. The van der Waals surface area contributed by atoms with Crippen molar-refractivity contribution in [3.8, 4) is 0 Å². The van der Waals surface area contributed by atoms with Crippen molar-refractivity contribution in [1.82, 2.24) is 0 Å². The Balaban J connectivity index is 3.24. The summed E-state index contributed by atoms with van der Waals surface area (Å²) in [6.45, 7) is 1.96. The van der Waals surface area contributed by atoms with Crippen LogP contribution in [0.1, 0.15) is 11.1 Å². The lowest BCUT2D eigenvalue weighted by Crippen LogP contribution is -1.87. The molecule has 0 aromatic heterocycles. The number of hydrogen-bond acceptors (Lipinski definition) is 1. The lowest BCUT2D eigenvalue weighted by atomic mass is 10.1. The molecule has 0 saturated heterocycles. The zero-order chi connectivity index (χ0) is 8.43. The first-order valence-corrected chi connectivity index (χ1v) is 4.37. The van der Waals surface area contributed by atoms with E-state index in [0.717, 1.165) is 15.6 Å². The molecule has 60 valence electrons. The van der Waals surface area contributed by atoms with E-state index >= 15 is 0 Å². The van der Waals surface area contributed by atoms with Gasteiger partial charge in [-0.15, -0.1) is 0 Å². The molecule has 0 amide bonds. The SMILES string of the molecule is Cc1cc(Cl)c(Br)c(CO)c1. The Morgan fingerprint density at radius 1 is 1.55 bits per heavy atom. The topological polar surface area (TPSA) is 20.2 Å². The van der Waals surface area contributed by atoms with Crippen LogP contribution < -0.4 is 0 Å². The van der Waals surface area contributed by atoms with Crippen LogP contribution in [0, 0.1) is 6.92 Å². The average molecular weight is 236 g/mol. The maximum atomic E-state index is 8.88. The first kappa shape index (κ1) is 9.04. The molecule has 0 atom stereocenters. The highest BCUT2D eigenvalue weighted by molar-refractivity contribution is 9.10. The molecule has 0 aliphatic heterocycles. The van der Waals surface area contributed by atoms with E-state index in [0.29, 0.717) is 5.02 Å². The minimum atomic E-state index is 0.0159. The Morgan fingerprint density at radius 2 is 2.18 bits per heavy atom. The minimum absolute atomic E-state index is 0.0159. The van der Waals surface area contributed by atoms with E-state index in [1.54, 1.807) is 0 Å². The Morgan fingerprint density at radius 3 is 2.73 bits per heavy atom. The molecule has 0 unspecified atom stereocenters. The molecular weight excluding hydrogens is 227 g/mol. The van der Waals surface area contributed by atoms with E-state index in [1.165, 1.54) is 0 Å². The molecule has 11 heavy (non-hydrogen) atoms. The number of aryl methyl sites for hydroxylation is 1. The molecule has 0 aliphatic rings. The molecule has 1 aromatic carbocycles. The van der Waals surface area contributed by atoms with Gasteiger partial charge in [0.15, 0.2) is 0 Å². The van der Waals surface area contributed by atoms with Gasteiger partial charge in [-0.2, -0.15) is 0 Å². The number of rotatable bonds is 1. The summed E-state index contributed by atoms with van der Waals surface area (Å²) < 4.78 is 0.785. The molecule has 0 radical (unpaired) electrons. The van der Waals surface area contributed by atoms with Crippen LogP contribution in [0.4, 0.5) is 0 Å². The second kappa shape index (κ2) is 3.57. The third kappa shape index (κ3) is 1.95. The van der Waals surface area contributed by atoms with Gasteiger partial charge in [-0.1, -0.05) is 17.7 Å². The van der Waals surface area contributed by atoms with E-state index in [1.807, 2.05) is 19.1 Å². The number of hydrogen-bond donors (Lipinski definition) is 1. The molecule has 0 saturated carbocycles. The molecule has 1 nitrogen and oxygen atoms in total. The molecule has 1 aromatic rings. The van der Waals surface area contributed by atoms with Crippen LogP contribution in [0.25, 0.3) is 0 Å². The van der Waals surface area contributed by atoms with Gasteiger partial charge in [0.2, 0.25) is 0 Å². The Labute approximate surface area is 79.1 Å². The number of benzene rings is 1. The summed E-state index contributed by atoms with van der Waals surface area (Å²) >= 11 is 9.12. The smallest absolute Gasteiger partial charge is 0.0693 e. The highest BCUT2D eigenvalue weighted by Crippen LogP contribution is 2.27. The lowest BCUT2D eigenvalue weighted by Gasteiger charge is -2.03. The fourth-order valence-corrected chi connectivity index (χ4v) is 1.56. The average Bonchev–Trinajstić information content (AvgIpc) is 1.96. The van der Waals surface area contributed by atoms with Crippen molar-refractivity contribution in [3.63, 3.8) is 0 Å². The van der Waals surface area contributed by atoms with E-state index in [4.69, 9.17) is 16.7 Å². The van der Waals surface area contributed by atoms with Crippen molar-refractivity contribution in [3.05, 3.63) is 32.8 Å². The fraction of sp³-hybridized carbons (Fsp3) is 0.250. The summed E-state index contributed by atoms with van der Waals surface area (Å²) in [4.78, 5) is 0. The second-order valence-corrected chi connectivity index (χ2v) is 3.58. The highest BCUT2D eigenvalue weighted by Gasteiger charge is 2.03. The van der Waals surface area contributed by atoms with Crippen molar-refractivity contribution in [1.29, 1.82) is 0 Å². The van der Waals surface area contributed by atoms with Crippen molar-refractivity contribution in [2.75, 3.05) is 0 Å². The molecule has 3 heteroatoms. The zero-order valence-electron chi connectivity index (χ0n) is 6.06. The van der Waals surface area contributed by atoms with Crippen molar-refractivity contribution < 1.29 is 5.11 Å². The van der Waals surface area contributed by atoms with Gasteiger partial charge in [0.05, 0.1) is 11.6 Å². The van der Waals surface area contributed by atoms with Gasteiger partial charge in [0.25, 0.3) is 0 Å². The third-order valence-electron chi connectivity index (χ3n) is 1.42. The largest absolute Gasteiger partial charge is 0.392 e. The molecule has 0 heterocycles. The number of aliphatic hydroxyl groups is 1. The number of aliphatic hydroxyl groups excluding tert-OH is 1. The molecule has 0 aliphatic carbocycles. The van der Waals surface area contributed by atoms with Gasteiger partial charge in [-0.25, -0.2) is 0 Å². The Bertz CT molecular complexity index is 273. The standard InChI is InChI=1S/C8H8BrClO/c1-5-2-6(4-11)8(9)7(10)3-5/h2-3,11H,4H2,1H3. The number of halogens is 2. The van der Waals surface area contributed by atoms with Crippen LogP contribution in [0.2, 0.25) is 5.02 Å². The maximum Gasteiger partial charge on any atom is 0.0693 e. The predicted molar refractivity (Wildman–Crippen MR) is 49.8 cm³/mol. The van der Waals surface area contributed by atoms with Crippen molar-refractivity contribution >= 4 is 27.5 Å². The van der Waals surface area contributed by atoms with Crippen LogP contribution in [-0.4, -0.2) is 5.11 Å². The molecule has 0 spiro atoms. The summed E-state index contributed by atoms with van der Waals surface area (Å²) in [5.41, 5.74) is 1.89. The Hall–Kier alpha value is -0.0500. The lowest BCUT2D eigenvalue weighted by molar-refractivity contribution is 0.281. The summed E-state index contributed by atoms with van der Waals surface area (Å²) in [6, 6.07) is 3.75.